The molecule has 0 radical (unpaired) electrons. The number of fused-ring (bicyclic) bond motifs is 1. The van der Waals surface area contributed by atoms with Gasteiger partial charge in [0.1, 0.15) is 24.7 Å². The van der Waals surface area contributed by atoms with Crippen LogP contribution >= 0.6 is 11.6 Å². The normalized spacial score (nSPS) is 14.4. The highest BCUT2D eigenvalue weighted by Gasteiger charge is 2.35. The molecule has 0 bridgehead atoms. The van der Waals surface area contributed by atoms with E-state index < -0.39 is 23.8 Å². The van der Waals surface area contributed by atoms with Crippen LogP contribution in [0.4, 0.5) is 5.69 Å². The van der Waals surface area contributed by atoms with E-state index >= 15 is 0 Å². The van der Waals surface area contributed by atoms with E-state index in [4.69, 9.17) is 21.1 Å². The van der Waals surface area contributed by atoms with E-state index in [1.54, 1.807) is 43.5 Å². The van der Waals surface area contributed by atoms with Crippen LogP contribution in [0.5, 0.6) is 5.75 Å². The molecule has 0 aliphatic carbocycles. The Labute approximate surface area is 251 Å². The van der Waals surface area contributed by atoms with Gasteiger partial charge in [-0.3, -0.25) is 9.59 Å². The van der Waals surface area contributed by atoms with E-state index in [1.165, 1.54) is 46.3 Å². The molecule has 0 spiro atoms. The first kappa shape index (κ1) is 29.4. The monoisotopic (exact) mass is 602 g/mol. The van der Waals surface area contributed by atoms with Crippen LogP contribution in [0.1, 0.15) is 33.1 Å². The quantitative estimate of drug-likeness (QED) is 0.204. The number of aromatic nitrogens is 4. The minimum atomic E-state index is -1.07. The number of nitrogens with one attached hydrogen (secondary N) is 1. The molecule has 1 aromatic heterocycles. The molecule has 1 aliphatic heterocycles. The van der Waals surface area contributed by atoms with Gasteiger partial charge in [0.2, 0.25) is 5.91 Å². The molecule has 4 aromatic rings. The molecule has 12 nitrogen and oxygen atoms in total. The number of carbonyl (C=O) groups is 3. The van der Waals surface area contributed by atoms with Crippen molar-refractivity contribution in [3.8, 4) is 11.4 Å². The first-order valence-corrected chi connectivity index (χ1v) is 13.6. The fraction of sp³-hybridized carbons (Fsp3) is 0.200. The minimum Gasteiger partial charge on any atom is -0.491 e. The summed E-state index contributed by atoms with van der Waals surface area (Å²) in [5, 5.41) is 23.7. The molecule has 0 saturated heterocycles. The lowest BCUT2D eigenvalue weighted by Crippen LogP contribution is -2.44. The van der Waals surface area contributed by atoms with Gasteiger partial charge in [-0.05, 0) is 88.6 Å². The number of rotatable bonds is 10. The van der Waals surface area contributed by atoms with Gasteiger partial charge in [-0.2, -0.15) is 4.68 Å². The first-order chi connectivity index (χ1) is 20.8. The van der Waals surface area contributed by atoms with Crippen molar-refractivity contribution in [3.05, 3.63) is 100 Å². The van der Waals surface area contributed by atoms with Crippen molar-refractivity contribution in [1.29, 1.82) is 0 Å². The fourth-order valence-electron chi connectivity index (χ4n) is 4.76. The summed E-state index contributed by atoms with van der Waals surface area (Å²) >= 11 is 6.23. The number of nitrogens with zero attached hydrogens (tertiary/aromatic N) is 5. The zero-order valence-electron chi connectivity index (χ0n) is 23.0. The maximum Gasteiger partial charge on any atom is 0.335 e. The Bertz CT molecular complexity index is 1660. The van der Waals surface area contributed by atoms with E-state index in [2.05, 4.69) is 20.8 Å². The molecular formula is C30H27ClN6O6. The van der Waals surface area contributed by atoms with Crippen LogP contribution in [0.15, 0.2) is 73.1 Å². The molecular weight excluding hydrogens is 576 g/mol. The molecule has 220 valence electrons. The number of amides is 2. The number of hydrogen-bond acceptors (Lipinski definition) is 8. The van der Waals surface area contributed by atoms with Gasteiger partial charge in [-0.15, -0.1) is 5.10 Å². The van der Waals surface area contributed by atoms with E-state index in [0.29, 0.717) is 52.9 Å². The average Bonchev–Trinajstić information content (AvgIpc) is 3.54. The van der Waals surface area contributed by atoms with E-state index in [0.717, 1.165) is 5.56 Å². The van der Waals surface area contributed by atoms with Gasteiger partial charge in [0.15, 0.2) is 0 Å². The smallest absolute Gasteiger partial charge is 0.335 e. The fourth-order valence-corrected chi connectivity index (χ4v) is 4.94. The zero-order chi connectivity index (χ0) is 30.3. The molecule has 43 heavy (non-hydrogen) atoms. The third-order valence-electron chi connectivity index (χ3n) is 6.82. The second-order valence-corrected chi connectivity index (χ2v) is 9.99. The minimum absolute atomic E-state index is 0.0889. The maximum atomic E-state index is 13.8. The average molecular weight is 603 g/mol. The van der Waals surface area contributed by atoms with Gasteiger partial charge in [0.25, 0.3) is 5.91 Å². The molecule has 13 heteroatoms. The second-order valence-electron chi connectivity index (χ2n) is 9.55. The number of aromatic carboxylic acids is 1. The first-order valence-electron chi connectivity index (χ1n) is 13.2. The number of benzene rings is 3. The molecule has 1 aliphatic rings. The Kier molecular flexibility index (Phi) is 9.08. The Morgan fingerprint density at radius 2 is 1.91 bits per heavy atom. The Morgan fingerprint density at radius 1 is 1.09 bits per heavy atom. The lowest BCUT2D eigenvalue weighted by molar-refractivity contribution is -0.135. The predicted molar refractivity (Wildman–Crippen MR) is 157 cm³/mol. The van der Waals surface area contributed by atoms with E-state index in [-0.39, 0.29) is 12.1 Å². The largest absolute Gasteiger partial charge is 0.491 e. The number of anilines is 1. The van der Waals surface area contributed by atoms with Gasteiger partial charge in [0, 0.05) is 36.0 Å². The van der Waals surface area contributed by atoms with Crippen LogP contribution in [-0.2, 0) is 20.7 Å². The van der Waals surface area contributed by atoms with Crippen molar-refractivity contribution >= 4 is 41.1 Å². The molecule has 2 amide bonds. The van der Waals surface area contributed by atoms with Gasteiger partial charge in [-0.25, -0.2) is 4.79 Å². The Hall–Kier alpha value is -5.07. The summed E-state index contributed by atoms with van der Waals surface area (Å²) in [7, 11) is 1.59. The molecule has 5 rings (SSSR count). The molecule has 2 heterocycles. The number of carboxylic acid groups (broad SMARTS) is 1. The van der Waals surface area contributed by atoms with Crippen molar-refractivity contribution in [1.82, 2.24) is 25.1 Å². The summed E-state index contributed by atoms with van der Waals surface area (Å²) in [4.78, 5) is 40.2. The van der Waals surface area contributed by atoms with Crippen molar-refractivity contribution in [2.24, 2.45) is 0 Å². The van der Waals surface area contributed by atoms with Gasteiger partial charge < -0.3 is 24.8 Å². The molecule has 0 fully saturated rings. The number of ether oxygens (including phenoxy) is 2. The molecule has 3 aromatic carbocycles. The Balaban J connectivity index is 1.44. The second kappa shape index (κ2) is 13.3. The number of halogens is 1. The number of tetrazole rings is 1. The van der Waals surface area contributed by atoms with Gasteiger partial charge in [-0.1, -0.05) is 17.7 Å². The van der Waals surface area contributed by atoms with Crippen molar-refractivity contribution in [2.75, 3.05) is 32.2 Å². The lowest BCUT2D eigenvalue weighted by atomic mass is 9.91. The van der Waals surface area contributed by atoms with Crippen molar-refractivity contribution < 1.29 is 29.0 Å². The third-order valence-corrected chi connectivity index (χ3v) is 7.06. The summed E-state index contributed by atoms with van der Waals surface area (Å²) in [6.45, 7) is 1.07. The molecule has 0 saturated carbocycles. The van der Waals surface area contributed by atoms with Crippen LogP contribution in [0.25, 0.3) is 11.8 Å². The van der Waals surface area contributed by atoms with E-state index in [1.807, 2.05) is 6.07 Å². The number of carbonyl (C=O) groups excluding carboxylic acids is 2. The molecule has 1 atom stereocenters. The lowest BCUT2D eigenvalue weighted by Gasteiger charge is -2.36. The van der Waals surface area contributed by atoms with E-state index in [9.17, 15) is 19.5 Å². The standard InChI is InChI=1S/C30H27ClN6O6/c1-42-14-15-43-24-8-9-25-20(17-24)12-13-36(28(25)29(39)33-23-6-2-19(3-7-23)30(40)41)27(38)11-4-21-16-22(31)5-10-26(21)37-18-32-34-35-37/h2-11,16-18,28H,12-15H2,1H3,(H,33,39)(H,40,41)/b11-4+. The van der Waals surface area contributed by atoms with Crippen molar-refractivity contribution in [3.63, 3.8) is 0 Å². The van der Waals surface area contributed by atoms with Gasteiger partial charge >= 0.3 is 5.97 Å². The van der Waals surface area contributed by atoms with Crippen molar-refractivity contribution in [2.45, 2.75) is 12.5 Å². The van der Waals surface area contributed by atoms with Crippen LogP contribution < -0.4 is 10.1 Å². The summed E-state index contributed by atoms with van der Waals surface area (Å²) < 4.78 is 12.3. The third kappa shape index (κ3) is 6.88. The zero-order valence-corrected chi connectivity index (χ0v) is 23.8. The summed E-state index contributed by atoms with van der Waals surface area (Å²) in [5.41, 5.74) is 3.23. The highest BCUT2D eigenvalue weighted by molar-refractivity contribution is 6.30. The molecule has 1 unspecified atom stereocenters. The SMILES string of the molecule is COCCOc1ccc2c(c1)CCN(C(=O)/C=C/c1cc(Cl)ccc1-n1cnnn1)C2C(=O)Nc1ccc(C(=O)O)cc1. The summed E-state index contributed by atoms with van der Waals surface area (Å²) in [5.74, 6) is -1.28. The maximum absolute atomic E-state index is 13.8. The topological polar surface area (TPSA) is 149 Å². The molecule has 2 N–H and O–H groups in total. The van der Waals surface area contributed by atoms with Crippen LogP contribution in [-0.4, -0.2) is 74.9 Å². The highest BCUT2D eigenvalue weighted by atomic mass is 35.5. The summed E-state index contributed by atoms with van der Waals surface area (Å²) in [6, 6.07) is 15.4. The van der Waals surface area contributed by atoms with Gasteiger partial charge in [0.05, 0.1) is 17.9 Å². The number of methoxy groups -OCH3 is 1. The summed E-state index contributed by atoms with van der Waals surface area (Å²) in [6.07, 6.45) is 4.92. The number of hydrogen-bond donors (Lipinski definition) is 2. The Morgan fingerprint density at radius 3 is 2.63 bits per heavy atom. The predicted octanol–water partition coefficient (Wildman–Crippen LogP) is 3.82. The van der Waals surface area contributed by atoms with Crippen LogP contribution in [0, 0.1) is 0 Å². The van der Waals surface area contributed by atoms with Crippen LogP contribution in [0.3, 0.4) is 0 Å². The number of carboxylic acids is 1. The van der Waals surface area contributed by atoms with Crippen LogP contribution in [0.2, 0.25) is 5.02 Å². The highest BCUT2D eigenvalue weighted by Crippen LogP contribution is 2.34.